The van der Waals surface area contributed by atoms with E-state index in [-0.39, 0.29) is 29.2 Å². The van der Waals surface area contributed by atoms with Crippen LogP contribution in [0.15, 0.2) is 52.9 Å². The predicted octanol–water partition coefficient (Wildman–Crippen LogP) is 2.83. The van der Waals surface area contributed by atoms with Crippen molar-refractivity contribution < 1.29 is 43.0 Å². The molecule has 2 heterocycles. The molecule has 240 valence electrons. The summed E-state index contributed by atoms with van der Waals surface area (Å²) < 4.78 is 16.4. The van der Waals surface area contributed by atoms with Crippen LogP contribution in [0, 0.1) is 11.8 Å². The Balaban J connectivity index is 1.40. The maximum absolute atomic E-state index is 13.7. The second-order valence-electron chi connectivity index (χ2n) is 11.5. The van der Waals surface area contributed by atoms with E-state index in [1.165, 1.54) is 17.0 Å². The Labute approximate surface area is 260 Å². The lowest BCUT2D eigenvalue weighted by Gasteiger charge is -2.31. The fourth-order valence-electron chi connectivity index (χ4n) is 5.08. The van der Waals surface area contributed by atoms with Crippen LogP contribution in [0.4, 0.5) is 0 Å². The van der Waals surface area contributed by atoms with Crippen molar-refractivity contribution in [2.24, 2.45) is 11.8 Å². The minimum Gasteiger partial charge on any atom is -0.480 e. The van der Waals surface area contributed by atoms with Crippen LogP contribution in [0.1, 0.15) is 51.2 Å². The number of aliphatic carboxylic acids is 1. The molecule has 0 aliphatic carbocycles. The van der Waals surface area contributed by atoms with Gasteiger partial charge in [-0.3, -0.25) is 19.2 Å². The van der Waals surface area contributed by atoms with Gasteiger partial charge in [0.15, 0.2) is 30.3 Å². The second kappa shape index (κ2) is 14.7. The van der Waals surface area contributed by atoms with Gasteiger partial charge in [-0.2, -0.15) is 0 Å². The van der Waals surface area contributed by atoms with Crippen molar-refractivity contribution in [3.05, 3.63) is 54.4 Å². The highest BCUT2D eigenvalue weighted by Gasteiger charge is 2.40. The van der Waals surface area contributed by atoms with E-state index < -0.39 is 60.8 Å². The van der Waals surface area contributed by atoms with Crippen LogP contribution in [0.3, 0.4) is 0 Å². The van der Waals surface area contributed by atoms with Crippen LogP contribution in [0.2, 0.25) is 0 Å². The summed E-state index contributed by atoms with van der Waals surface area (Å²) in [6, 6.07) is 10.6. The number of carboxylic acids is 1. The average Bonchev–Trinajstić information content (AvgIpc) is 3.68. The van der Waals surface area contributed by atoms with Crippen LogP contribution < -0.4 is 20.1 Å². The highest BCUT2D eigenvalue weighted by molar-refractivity contribution is 6.01. The predicted molar refractivity (Wildman–Crippen MR) is 162 cm³/mol. The van der Waals surface area contributed by atoms with Crippen molar-refractivity contribution in [2.75, 3.05) is 19.8 Å². The van der Waals surface area contributed by atoms with Crippen molar-refractivity contribution >= 4 is 40.6 Å². The summed E-state index contributed by atoms with van der Waals surface area (Å²) >= 11 is 0. The molecule has 0 spiro atoms. The number of para-hydroxylation sites is 4. The topological polar surface area (TPSA) is 177 Å². The Morgan fingerprint density at radius 1 is 0.911 bits per heavy atom. The van der Waals surface area contributed by atoms with E-state index in [4.69, 9.17) is 19.0 Å². The van der Waals surface area contributed by atoms with Gasteiger partial charge in [0.25, 0.3) is 11.8 Å². The van der Waals surface area contributed by atoms with Crippen molar-refractivity contribution in [1.29, 1.82) is 0 Å². The molecule has 3 atom stereocenters. The van der Waals surface area contributed by atoms with Gasteiger partial charge in [-0.15, -0.1) is 0 Å². The molecule has 2 aromatic carbocycles. The van der Waals surface area contributed by atoms with Crippen molar-refractivity contribution in [3.8, 4) is 11.5 Å². The lowest BCUT2D eigenvalue weighted by Crippen LogP contribution is -2.57. The smallest absolute Gasteiger partial charge is 0.341 e. The molecule has 45 heavy (non-hydrogen) atoms. The molecule has 1 saturated heterocycles. The number of hydrogen-bond acceptors (Lipinski definition) is 9. The number of Topliss-reactive ketones (excluding diaryl/α,β-unsaturated/α-hetero) is 1. The summed E-state index contributed by atoms with van der Waals surface area (Å²) in [5.74, 6) is -3.49. The Bertz CT molecular complexity index is 1520. The number of nitrogens with one attached hydrogen (secondary N) is 2. The number of likely N-dealkylation sites (tertiary alicyclic amines) is 1. The largest absolute Gasteiger partial charge is 0.480 e. The highest BCUT2D eigenvalue weighted by atomic mass is 16.5. The molecule has 0 saturated carbocycles. The molecule has 0 unspecified atom stereocenters. The number of amides is 3. The quantitative estimate of drug-likeness (QED) is 0.227. The zero-order chi connectivity index (χ0) is 32.7. The standard InChI is InChI=1S/C32H38N4O9/c1-18(2)27(29(40)31-33-20-10-5-6-12-22(20)45-31)35-30(41)21-11-9-15-36(21)32(42)28(19(3)4)34-25(37)16-43-23-13-7-8-14-24(23)44-17-26(38)39/h5-8,10,12-14,18-19,21,27-28H,9,11,15-17H2,1-4H3,(H,34,37)(H,35,41)(H,38,39)/t21-,27-,28-/m0/s1. The number of carbonyl (C=O) groups excluding carboxylic acids is 4. The number of aromatic nitrogens is 1. The van der Waals surface area contributed by atoms with E-state index in [1.54, 1.807) is 64.1 Å². The zero-order valence-corrected chi connectivity index (χ0v) is 25.6. The van der Waals surface area contributed by atoms with E-state index in [0.717, 1.165) is 0 Å². The Morgan fingerprint density at radius 2 is 1.53 bits per heavy atom. The third kappa shape index (κ3) is 8.16. The molecule has 13 nitrogen and oxygen atoms in total. The number of carboxylic acid groups (broad SMARTS) is 1. The molecule has 1 aromatic heterocycles. The van der Waals surface area contributed by atoms with Crippen LogP contribution in [-0.4, -0.2) is 82.3 Å². The second-order valence-corrected chi connectivity index (χ2v) is 11.5. The summed E-state index contributed by atoms with van der Waals surface area (Å²) in [7, 11) is 0. The number of nitrogens with zero attached hydrogens (tertiary/aromatic N) is 2. The SMILES string of the molecule is CC(C)[C@H](NC(=O)[C@@H]1CCCN1C(=O)[C@@H](NC(=O)COc1ccccc1OCC(=O)O)C(C)C)C(=O)c1nc2ccccc2o1. The van der Waals surface area contributed by atoms with E-state index in [1.807, 2.05) is 0 Å². The lowest BCUT2D eigenvalue weighted by atomic mass is 9.98. The molecular weight excluding hydrogens is 584 g/mol. The van der Waals surface area contributed by atoms with Crippen LogP contribution in [0.5, 0.6) is 11.5 Å². The molecule has 1 aliphatic rings. The molecule has 0 bridgehead atoms. The first-order valence-corrected chi connectivity index (χ1v) is 14.8. The number of ether oxygens (including phenoxy) is 2. The van der Waals surface area contributed by atoms with Gasteiger partial charge < -0.3 is 34.5 Å². The van der Waals surface area contributed by atoms with Gasteiger partial charge in [-0.25, -0.2) is 9.78 Å². The number of fused-ring (bicyclic) bond motifs is 1. The van der Waals surface area contributed by atoms with E-state index in [9.17, 15) is 24.0 Å². The van der Waals surface area contributed by atoms with Crippen molar-refractivity contribution in [1.82, 2.24) is 20.5 Å². The van der Waals surface area contributed by atoms with E-state index in [0.29, 0.717) is 30.5 Å². The average molecular weight is 623 g/mol. The number of rotatable bonds is 14. The number of ketones is 1. The van der Waals surface area contributed by atoms with Gasteiger partial charge in [-0.05, 0) is 48.9 Å². The lowest BCUT2D eigenvalue weighted by molar-refractivity contribution is -0.142. The molecule has 3 N–H and O–H groups in total. The van der Waals surface area contributed by atoms with E-state index >= 15 is 0 Å². The first-order chi connectivity index (χ1) is 21.5. The normalized spacial score (nSPS) is 16.0. The van der Waals surface area contributed by atoms with Crippen molar-refractivity contribution in [3.63, 3.8) is 0 Å². The number of benzene rings is 2. The number of carbonyl (C=O) groups is 5. The molecule has 13 heteroatoms. The summed E-state index contributed by atoms with van der Waals surface area (Å²) in [6.07, 6.45) is 0.971. The highest BCUT2D eigenvalue weighted by Crippen LogP contribution is 2.26. The molecule has 3 aromatic rings. The van der Waals surface area contributed by atoms with Gasteiger partial charge in [0.1, 0.15) is 17.6 Å². The summed E-state index contributed by atoms with van der Waals surface area (Å²) in [6.45, 7) is 6.42. The summed E-state index contributed by atoms with van der Waals surface area (Å²) in [4.78, 5) is 70.0. The summed E-state index contributed by atoms with van der Waals surface area (Å²) in [5, 5.41) is 14.4. The molecule has 3 amide bonds. The maximum atomic E-state index is 13.7. The van der Waals surface area contributed by atoms with Crippen LogP contribution in [-0.2, 0) is 19.2 Å². The fraction of sp³-hybridized carbons (Fsp3) is 0.438. The Morgan fingerprint density at radius 3 is 2.16 bits per heavy atom. The zero-order valence-electron chi connectivity index (χ0n) is 25.6. The third-order valence-electron chi connectivity index (χ3n) is 7.40. The summed E-state index contributed by atoms with van der Waals surface area (Å²) in [5.41, 5.74) is 0.996. The van der Waals surface area contributed by atoms with Gasteiger partial charge in [0.05, 0.1) is 6.04 Å². The fourth-order valence-corrected chi connectivity index (χ4v) is 5.08. The Kier molecular flexibility index (Phi) is 10.8. The molecule has 1 aliphatic heterocycles. The monoisotopic (exact) mass is 622 g/mol. The first kappa shape index (κ1) is 33.0. The van der Waals surface area contributed by atoms with Gasteiger partial charge in [0.2, 0.25) is 17.6 Å². The van der Waals surface area contributed by atoms with Crippen molar-refractivity contribution in [2.45, 2.75) is 58.7 Å². The van der Waals surface area contributed by atoms with Crippen LogP contribution in [0.25, 0.3) is 11.1 Å². The molecule has 4 rings (SSSR count). The number of hydrogen-bond donors (Lipinski definition) is 3. The maximum Gasteiger partial charge on any atom is 0.341 e. The number of oxazole rings is 1. The third-order valence-corrected chi connectivity index (χ3v) is 7.40. The molecule has 1 fully saturated rings. The molecule has 0 radical (unpaired) electrons. The minimum absolute atomic E-state index is 0.101. The van der Waals surface area contributed by atoms with Gasteiger partial charge >= 0.3 is 5.97 Å². The minimum atomic E-state index is -1.16. The van der Waals surface area contributed by atoms with E-state index in [2.05, 4.69) is 15.6 Å². The first-order valence-electron chi connectivity index (χ1n) is 14.8. The Hall–Kier alpha value is -4.94. The molecular formula is C32H38N4O9. The van der Waals surface area contributed by atoms with Gasteiger partial charge in [-0.1, -0.05) is 52.0 Å². The van der Waals surface area contributed by atoms with Crippen LogP contribution >= 0.6 is 0 Å². The van der Waals surface area contributed by atoms with Gasteiger partial charge in [0, 0.05) is 6.54 Å².